The van der Waals surface area contributed by atoms with E-state index in [9.17, 15) is 0 Å². The molecule has 0 aliphatic carbocycles. The average Bonchev–Trinajstić information content (AvgIpc) is 3.35. The maximum Gasteiger partial charge on any atom is 0.216 e. The molecule has 0 saturated carbocycles. The van der Waals surface area contributed by atoms with Crippen LogP contribution in [-0.2, 0) is 0 Å². The van der Waals surface area contributed by atoms with Gasteiger partial charge in [-0.25, -0.2) is 9.78 Å². The van der Waals surface area contributed by atoms with E-state index < -0.39 is 0 Å². The fourth-order valence-electron chi connectivity index (χ4n) is 3.57. The molecule has 10 heteroatoms. The summed E-state index contributed by atoms with van der Waals surface area (Å²) in [6.07, 6.45) is 1.74. The standard InChI is InChI=1S/C23H24N6O3S/c1-14-18(15(2)28(27-14)17-9-7-6-8-10-17)13-24-29-22(25-26-23(29)33)16-11-19(30-3)21(32-5)20(12-16)31-4/h6-13H,1-5H3,(H,26,33). The molecule has 0 aliphatic heterocycles. The summed E-state index contributed by atoms with van der Waals surface area (Å²) in [6.45, 7) is 3.95. The molecule has 0 unspecified atom stereocenters. The fraction of sp³-hybridized carbons (Fsp3) is 0.217. The van der Waals surface area contributed by atoms with E-state index in [2.05, 4.69) is 20.4 Å². The summed E-state index contributed by atoms with van der Waals surface area (Å²) in [5.41, 5.74) is 4.40. The molecule has 1 N–H and O–H groups in total. The lowest BCUT2D eigenvalue weighted by Crippen LogP contribution is -2.00. The monoisotopic (exact) mass is 464 g/mol. The highest BCUT2D eigenvalue weighted by atomic mass is 32.1. The van der Waals surface area contributed by atoms with Gasteiger partial charge in [0.1, 0.15) is 0 Å². The second-order valence-electron chi connectivity index (χ2n) is 7.15. The van der Waals surface area contributed by atoms with Crippen LogP contribution in [0.15, 0.2) is 47.6 Å². The first kappa shape index (κ1) is 22.3. The number of H-pyrrole nitrogens is 1. The van der Waals surface area contributed by atoms with Gasteiger partial charge in [0.25, 0.3) is 0 Å². The van der Waals surface area contributed by atoms with Crippen molar-refractivity contribution < 1.29 is 14.2 Å². The highest BCUT2D eigenvalue weighted by Crippen LogP contribution is 2.40. The van der Waals surface area contributed by atoms with Crippen LogP contribution >= 0.6 is 12.2 Å². The number of benzene rings is 2. The van der Waals surface area contributed by atoms with Gasteiger partial charge in [-0.1, -0.05) is 18.2 Å². The van der Waals surface area contributed by atoms with Gasteiger partial charge < -0.3 is 14.2 Å². The Hall–Kier alpha value is -3.92. The predicted molar refractivity (Wildman–Crippen MR) is 129 cm³/mol. The van der Waals surface area contributed by atoms with Gasteiger partial charge in [-0.3, -0.25) is 0 Å². The molecular weight excluding hydrogens is 440 g/mol. The van der Waals surface area contributed by atoms with Crippen LogP contribution in [0.25, 0.3) is 17.1 Å². The lowest BCUT2D eigenvalue weighted by Gasteiger charge is -2.13. The molecule has 2 aromatic heterocycles. The van der Waals surface area contributed by atoms with Crippen molar-refractivity contribution in [1.82, 2.24) is 24.7 Å². The summed E-state index contributed by atoms with van der Waals surface area (Å²) >= 11 is 5.43. The summed E-state index contributed by atoms with van der Waals surface area (Å²) in [6, 6.07) is 13.5. The normalized spacial score (nSPS) is 11.2. The third kappa shape index (κ3) is 4.12. The van der Waals surface area contributed by atoms with Crippen molar-refractivity contribution in [2.24, 2.45) is 5.10 Å². The largest absolute Gasteiger partial charge is 0.493 e. The van der Waals surface area contributed by atoms with Gasteiger partial charge in [0.05, 0.1) is 44.6 Å². The highest BCUT2D eigenvalue weighted by molar-refractivity contribution is 7.71. The van der Waals surface area contributed by atoms with Crippen LogP contribution < -0.4 is 14.2 Å². The number of aryl methyl sites for hydroxylation is 1. The van der Waals surface area contributed by atoms with Crippen molar-refractivity contribution in [2.75, 3.05) is 21.3 Å². The Bertz CT molecular complexity index is 1350. The van der Waals surface area contributed by atoms with Crippen molar-refractivity contribution in [3.8, 4) is 34.3 Å². The third-order valence-electron chi connectivity index (χ3n) is 5.22. The van der Waals surface area contributed by atoms with Gasteiger partial charge in [0.15, 0.2) is 17.3 Å². The fourth-order valence-corrected chi connectivity index (χ4v) is 3.75. The highest BCUT2D eigenvalue weighted by Gasteiger charge is 2.18. The molecule has 33 heavy (non-hydrogen) atoms. The van der Waals surface area contributed by atoms with Crippen LogP contribution in [0.4, 0.5) is 0 Å². The second-order valence-corrected chi connectivity index (χ2v) is 7.54. The number of methoxy groups -OCH3 is 3. The summed E-state index contributed by atoms with van der Waals surface area (Å²) in [4.78, 5) is 0. The van der Waals surface area contributed by atoms with Crippen LogP contribution in [0.1, 0.15) is 17.0 Å². The molecule has 4 aromatic rings. The molecule has 0 spiro atoms. The Balaban J connectivity index is 1.77. The van der Waals surface area contributed by atoms with E-state index in [4.69, 9.17) is 26.4 Å². The molecule has 4 rings (SSSR count). The van der Waals surface area contributed by atoms with E-state index in [1.54, 1.807) is 44.4 Å². The van der Waals surface area contributed by atoms with E-state index in [1.165, 1.54) is 0 Å². The minimum atomic E-state index is 0.348. The van der Waals surface area contributed by atoms with Crippen LogP contribution in [0, 0.1) is 18.6 Å². The van der Waals surface area contributed by atoms with E-state index in [0.29, 0.717) is 33.4 Å². The van der Waals surface area contributed by atoms with Crippen LogP contribution in [0.3, 0.4) is 0 Å². The number of nitrogens with zero attached hydrogens (tertiary/aromatic N) is 5. The number of nitrogens with one attached hydrogen (secondary N) is 1. The zero-order valence-corrected chi connectivity index (χ0v) is 19.8. The van der Waals surface area contributed by atoms with Crippen molar-refractivity contribution >= 4 is 18.4 Å². The molecule has 0 fully saturated rings. The Morgan fingerprint density at radius 2 is 1.67 bits per heavy atom. The summed E-state index contributed by atoms with van der Waals surface area (Å²) < 4.78 is 20.1. The molecule has 0 radical (unpaired) electrons. The molecule has 2 aromatic carbocycles. The number of rotatable bonds is 7. The number of hydrogen-bond acceptors (Lipinski definition) is 7. The van der Waals surface area contributed by atoms with Gasteiger partial charge in [-0.15, -0.1) is 0 Å². The summed E-state index contributed by atoms with van der Waals surface area (Å²) in [7, 11) is 4.68. The number of aromatic amines is 1. The minimum absolute atomic E-state index is 0.348. The molecule has 0 atom stereocenters. The van der Waals surface area contributed by atoms with Crippen molar-refractivity contribution in [1.29, 1.82) is 0 Å². The Morgan fingerprint density at radius 1 is 1.00 bits per heavy atom. The first-order valence-electron chi connectivity index (χ1n) is 10.1. The zero-order chi connectivity index (χ0) is 23.5. The van der Waals surface area contributed by atoms with Crippen LogP contribution in [0.2, 0.25) is 0 Å². The van der Waals surface area contributed by atoms with E-state index in [-0.39, 0.29) is 0 Å². The molecule has 0 aliphatic rings. The van der Waals surface area contributed by atoms with Gasteiger partial charge in [-0.05, 0) is 50.3 Å². The van der Waals surface area contributed by atoms with Crippen molar-refractivity contribution in [3.63, 3.8) is 0 Å². The van der Waals surface area contributed by atoms with Crippen LogP contribution in [0.5, 0.6) is 17.2 Å². The lowest BCUT2D eigenvalue weighted by molar-refractivity contribution is 0.324. The first-order valence-corrected chi connectivity index (χ1v) is 10.5. The molecule has 0 bridgehead atoms. The van der Waals surface area contributed by atoms with Gasteiger partial charge in [0, 0.05) is 11.1 Å². The van der Waals surface area contributed by atoms with Crippen molar-refractivity contribution in [2.45, 2.75) is 13.8 Å². The Labute approximate surface area is 196 Å². The summed E-state index contributed by atoms with van der Waals surface area (Å²) in [5.74, 6) is 2.01. The molecule has 2 heterocycles. The average molecular weight is 465 g/mol. The smallest absolute Gasteiger partial charge is 0.216 e. The third-order valence-corrected chi connectivity index (χ3v) is 5.49. The number of para-hydroxylation sites is 1. The quantitative estimate of drug-likeness (QED) is 0.324. The number of aromatic nitrogens is 5. The van der Waals surface area contributed by atoms with E-state index in [1.807, 2.05) is 48.9 Å². The Morgan fingerprint density at radius 3 is 2.27 bits per heavy atom. The first-order chi connectivity index (χ1) is 16.0. The molecule has 0 amide bonds. The van der Waals surface area contributed by atoms with Gasteiger partial charge in [0.2, 0.25) is 10.5 Å². The zero-order valence-electron chi connectivity index (χ0n) is 19.0. The molecule has 0 saturated heterocycles. The predicted octanol–water partition coefficient (Wildman–Crippen LogP) is 4.32. The maximum atomic E-state index is 5.47. The SMILES string of the molecule is COc1cc(-c2n[nH]c(=S)n2N=Cc2c(C)nn(-c3ccccc3)c2C)cc(OC)c1OC. The summed E-state index contributed by atoms with van der Waals surface area (Å²) in [5, 5.41) is 16.5. The van der Waals surface area contributed by atoms with E-state index >= 15 is 0 Å². The number of ether oxygens (including phenoxy) is 3. The van der Waals surface area contributed by atoms with Crippen LogP contribution in [-0.4, -0.2) is 52.2 Å². The van der Waals surface area contributed by atoms with Gasteiger partial charge >= 0.3 is 0 Å². The van der Waals surface area contributed by atoms with Crippen molar-refractivity contribution in [3.05, 3.63) is 64.2 Å². The second kappa shape index (κ2) is 9.29. The molecule has 170 valence electrons. The lowest BCUT2D eigenvalue weighted by atomic mass is 10.1. The maximum absolute atomic E-state index is 5.47. The molecular formula is C23H24N6O3S. The topological polar surface area (TPSA) is 91.5 Å². The van der Waals surface area contributed by atoms with E-state index in [0.717, 1.165) is 22.6 Å². The Kier molecular flexibility index (Phi) is 6.27. The number of hydrogen-bond donors (Lipinski definition) is 1. The minimum Gasteiger partial charge on any atom is -0.493 e. The van der Waals surface area contributed by atoms with Gasteiger partial charge in [-0.2, -0.15) is 20.0 Å². The molecule has 9 nitrogen and oxygen atoms in total.